The van der Waals surface area contributed by atoms with Crippen LogP contribution < -0.4 is 5.32 Å². The summed E-state index contributed by atoms with van der Waals surface area (Å²) in [6, 6.07) is 13.8. The lowest BCUT2D eigenvalue weighted by Gasteiger charge is -2.26. The summed E-state index contributed by atoms with van der Waals surface area (Å²) in [5.74, 6) is -0.0460. The number of rotatable bonds is 7. The second kappa shape index (κ2) is 9.41. The molecular weight excluding hydrogens is 403 g/mol. The quantitative estimate of drug-likeness (QED) is 0.568. The molecule has 0 saturated carbocycles. The van der Waals surface area contributed by atoms with Crippen LogP contribution in [0.1, 0.15) is 24.8 Å². The van der Waals surface area contributed by atoms with Crippen LogP contribution in [0.3, 0.4) is 0 Å². The van der Waals surface area contributed by atoms with Gasteiger partial charge >= 0.3 is 0 Å². The largest absolute Gasteiger partial charge is 0.341 e. The van der Waals surface area contributed by atoms with Crippen LogP contribution in [0.4, 0.5) is 4.39 Å². The topological polar surface area (TPSA) is 50.2 Å². The number of benzene rings is 2. The number of hydrogen-bond acceptors (Lipinski definition) is 3. The molecule has 0 atom stereocenters. The lowest BCUT2D eigenvalue weighted by molar-refractivity contribution is -0.133. The molecule has 1 amide bonds. The van der Waals surface area contributed by atoms with E-state index in [4.69, 9.17) is 16.7 Å². The Labute approximate surface area is 180 Å². The van der Waals surface area contributed by atoms with Gasteiger partial charge in [-0.25, -0.2) is 9.07 Å². The summed E-state index contributed by atoms with van der Waals surface area (Å²) in [4.78, 5) is 13.9. The van der Waals surface area contributed by atoms with Crippen LogP contribution in [0.25, 0.3) is 16.9 Å². The van der Waals surface area contributed by atoms with Crippen molar-refractivity contribution in [2.45, 2.75) is 25.8 Å². The van der Waals surface area contributed by atoms with E-state index in [1.54, 1.807) is 16.8 Å². The minimum absolute atomic E-state index is 0.240. The lowest BCUT2D eigenvalue weighted by atomic mass is 10.1. The second-order valence-electron chi connectivity index (χ2n) is 7.42. The van der Waals surface area contributed by atoms with Gasteiger partial charge in [-0.2, -0.15) is 5.10 Å². The van der Waals surface area contributed by atoms with Crippen LogP contribution in [0.2, 0.25) is 5.02 Å². The van der Waals surface area contributed by atoms with E-state index in [0.717, 1.165) is 41.9 Å². The van der Waals surface area contributed by atoms with Gasteiger partial charge in [-0.1, -0.05) is 29.8 Å². The summed E-state index contributed by atoms with van der Waals surface area (Å²) in [6.07, 6.45) is 4.66. The summed E-state index contributed by atoms with van der Waals surface area (Å²) < 4.78 is 15.0. The minimum Gasteiger partial charge on any atom is -0.341 e. The van der Waals surface area contributed by atoms with E-state index in [2.05, 4.69) is 5.32 Å². The third kappa shape index (κ3) is 4.71. The number of amides is 1. The number of aromatic nitrogens is 2. The second-order valence-corrected chi connectivity index (χ2v) is 7.83. The van der Waals surface area contributed by atoms with E-state index in [9.17, 15) is 9.18 Å². The van der Waals surface area contributed by atoms with Crippen molar-refractivity contribution in [3.8, 4) is 16.9 Å². The smallest absolute Gasteiger partial charge is 0.222 e. The third-order valence-corrected chi connectivity index (χ3v) is 5.64. The summed E-state index contributed by atoms with van der Waals surface area (Å²) >= 11 is 6.42. The summed E-state index contributed by atoms with van der Waals surface area (Å²) in [5, 5.41) is 8.78. The highest BCUT2D eigenvalue weighted by Gasteiger charge is 2.18. The number of carbonyl (C=O) groups excluding carboxylic acids is 1. The van der Waals surface area contributed by atoms with Gasteiger partial charge in [0, 0.05) is 49.9 Å². The molecule has 0 radical (unpaired) electrons. The van der Waals surface area contributed by atoms with Crippen molar-refractivity contribution >= 4 is 17.5 Å². The first-order chi connectivity index (χ1) is 14.6. The summed E-state index contributed by atoms with van der Waals surface area (Å²) in [6.45, 7) is 2.83. The van der Waals surface area contributed by atoms with Gasteiger partial charge in [0.05, 0.1) is 16.4 Å². The van der Waals surface area contributed by atoms with Crippen LogP contribution in [-0.4, -0.2) is 40.2 Å². The van der Waals surface area contributed by atoms with Crippen LogP contribution in [0.5, 0.6) is 0 Å². The maximum Gasteiger partial charge on any atom is 0.222 e. The molecule has 1 N–H and O–H groups in total. The highest BCUT2D eigenvalue weighted by molar-refractivity contribution is 6.33. The van der Waals surface area contributed by atoms with Crippen molar-refractivity contribution in [2.75, 3.05) is 19.6 Å². The van der Waals surface area contributed by atoms with E-state index < -0.39 is 0 Å². The van der Waals surface area contributed by atoms with Crippen LogP contribution >= 0.6 is 11.6 Å². The average Bonchev–Trinajstić information content (AvgIpc) is 3.17. The van der Waals surface area contributed by atoms with E-state index in [1.807, 2.05) is 35.4 Å². The van der Waals surface area contributed by atoms with Crippen LogP contribution in [0, 0.1) is 5.82 Å². The Morgan fingerprint density at radius 3 is 2.67 bits per heavy atom. The molecule has 0 spiro atoms. The number of hydrogen-bond donors (Lipinski definition) is 1. The predicted octanol–water partition coefficient (Wildman–Crippen LogP) is 4.43. The van der Waals surface area contributed by atoms with Gasteiger partial charge in [-0.05, 0) is 43.2 Å². The van der Waals surface area contributed by atoms with Crippen molar-refractivity contribution < 1.29 is 9.18 Å². The van der Waals surface area contributed by atoms with Crippen molar-refractivity contribution in [1.82, 2.24) is 20.0 Å². The monoisotopic (exact) mass is 426 g/mol. The zero-order chi connectivity index (χ0) is 20.9. The molecule has 1 aromatic heterocycles. The predicted molar refractivity (Wildman–Crippen MR) is 116 cm³/mol. The fraction of sp³-hybridized carbons (Fsp3) is 0.304. The molecule has 0 unspecified atom stereocenters. The van der Waals surface area contributed by atoms with E-state index in [-0.39, 0.29) is 11.7 Å². The van der Waals surface area contributed by atoms with E-state index in [0.29, 0.717) is 31.1 Å². The molecule has 2 heterocycles. The number of halogens is 2. The van der Waals surface area contributed by atoms with Crippen LogP contribution in [0.15, 0.2) is 54.7 Å². The van der Waals surface area contributed by atoms with Crippen molar-refractivity contribution in [3.05, 3.63) is 71.1 Å². The molecule has 1 aliphatic heterocycles. The standard InChI is InChI=1S/C23H24ClFN4O/c24-21-6-2-1-5-20(21)23-17(15-26-12-14-28-13-4-3-7-22(28)30)16-29(27-23)19-10-8-18(25)9-11-19/h1-2,5-6,8-11,16,26H,3-4,7,12-15H2. The molecule has 2 aromatic carbocycles. The first kappa shape index (κ1) is 20.6. The molecule has 7 heteroatoms. The molecule has 3 aromatic rings. The molecule has 0 aliphatic carbocycles. The van der Waals surface area contributed by atoms with Crippen molar-refractivity contribution in [3.63, 3.8) is 0 Å². The Kier molecular flexibility index (Phi) is 6.45. The number of piperidine rings is 1. The average molecular weight is 427 g/mol. The SMILES string of the molecule is O=C1CCCCN1CCNCc1cn(-c2ccc(F)cc2)nc1-c1ccccc1Cl. The Morgan fingerprint density at radius 1 is 1.10 bits per heavy atom. The zero-order valence-corrected chi connectivity index (χ0v) is 17.4. The maximum absolute atomic E-state index is 13.3. The number of nitrogens with one attached hydrogen (secondary N) is 1. The van der Waals surface area contributed by atoms with Gasteiger partial charge in [-0.15, -0.1) is 0 Å². The fourth-order valence-corrected chi connectivity index (χ4v) is 3.91. The summed E-state index contributed by atoms with van der Waals surface area (Å²) in [7, 11) is 0. The highest BCUT2D eigenvalue weighted by atomic mass is 35.5. The Bertz CT molecular complexity index is 1020. The molecule has 4 rings (SSSR count). The molecular formula is C23H24ClFN4O. The van der Waals surface area contributed by atoms with Crippen molar-refractivity contribution in [1.29, 1.82) is 0 Å². The normalized spacial score (nSPS) is 14.3. The highest BCUT2D eigenvalue weighted by Crippen LogP contribution is 2.30. The van der Waals surface area contributed by atoms with Gasteiger partial charge < -0.3 is 10.2 Å². The van der Waals surface area contributed by atoms with Gasteiger partial charge in [0.25, 0.3) is 0 Å². The molecule has 0 bridgehead atoms. The van der Waals surface area contributed by atoms with Crippen LogP contribution in [-0.2, 0) is 11.3 Å². The number of likely N-dealkylation sites (tertiary alicyclic amines) is 1. The van der Waals surface area contributed by atoms with Gasteiger partial charge in [0.2, 0.25) is 5.91 Å². The summed E-state index contributed by atoms with van der Waals surface area (Å²) in [5.41, 5.74) is 3.39. The van der Waals surface area contributed by atoms with Gasteiger partial charge in [0.1, 0.15) is 5.82 Å². The molecule has 5 nitrogen and oxygen atoms in total. The molecule has 1 saturated heterocycles. The molecule has 1 fully saturated rings. The molecule has 30 heavy (non-hydrogen) atoms. The first-order valence-electron chi connectivity index (χ1n) is 10.2. The lowest BCUT2D eigenvalue weighted by Crippen LogP contribution is -2.39. The zero-order valence-electron chi connectivity index (χ0n) is 16.7. The van der Waals surface area contributed by atoms with Gasteiger partial charge in [-0.3, -0.25) is 4.79 Å². The van der Waals surface area contributed by atoms with Gasteiger partial charge in [0.15, 0.2) is 0 Å². The minimum atomic E-state index is -0.286. The number of carbonyl (C=O) groups is 1. The van der Waals surface area contributed by atoms with E-state index >= 15 is 0 Å². The third-order valence-electron chi connectivity index (χ3n) is 5.31. The number of nitrogens with zero attached hydrogens (tertiary/aromatic N) is 3. The fourth-order valence-electron chi connectivity index (χ4n) is 3.68. The maximum atomic E-state index is 13.3. The molecule has 1 aliphatic rings. The van der Waals surface area contributed by atoms with Crippen molar-refractivity contribution in [2.24, 2.45) is 0 Å². The first-order valence-corrected chi connectivity index (χ1v) is 10.6. The Hall–Kier alpha value is -2.70. The van der Waals surface area contributed by atoms with E-state index in [1.165, 1.54) is 12.1 Å². The molecule has 156 valence electrons. The Balaban J connectivity index is 1.52. The Morgan fingerprint density at radius 2 is 1.90 bits per heavy atom.